The van der Waals surface area contributed by atoms with E-state index in [0.717, 1.165) is 16.6 Å². The number of hydrogen-bond donors (Lipinski definition) is 1. The summed E-state index contributed by atoms with van der Waals surface area (Å²) in [6.07, 6.45) is 0.0344. The Bertz CT molecular complexity index is 786. The van der Waals surface area contributed by atoms with E-state index in [-0.39, 0.29) is 0 Å². The summed E-state index contributed by atoms with van der Waals surface area (Å²) in [5, 5.41) is 17.2. The van der Waals surface area contributed by atoms with Gasteiger partial charge in [0, 0.05) is 14.1 Å². The number of halogens is 2. The average Bonchev–Trinajstić information content (AvgIpc) is 2.90. The fraction of sp³-hybridized carbons (Fsp3) is 0.538. The Morgan fingerprint density at radius 2 is 1.50 bits per heavy atom. The molecule has 1 N–H and O–H groups in total. The number of aromatic nitrogens is 4. The molecule has 2 aromatic rings. The Labute approximate surface area is 158 Å². The van der Waals surface area contributed by atoms with Crippen molar-refractivity contribution in [3.05, 3.63) is 32.7 Å². The van der Waals surface area contributed by atoms with Crippen molar-refractivity contribution in [2.75, 3.05) is 6.26 Å². The fourth-order valence-corrected chi connectivity index (χ4v) is 3.54. The molecule has 0 aliphatic heterocycles. The van der Waals surface area contributed by atoms with Gasteiger partial charge in [0.25, 0.3) is 10.1 Å². The monoisotopic (exact) mass is 486 g/mol. The Balaban J connectivity index is 0.000000254. The largest absolute Gasteiger partial charge is 0.387 e. The van der Waals surface area contributed by atoms with Gasteiger partial charge in [0.05, 0.1) is 23.7 Å². The highest BCUT2D eigenvalue weighted by Gasteiger charge is 2.16. The SMILES string of the molecule is CC(O)c1cc(Br)nn1C.CC(OS(C)(=O)=O)c1cc(Br)nn1C. The molecule has 0 spiro atoms. The third-order valence-electron chi connectivity index (χ3n) is 2.94. The lowest BCUT2D eigenvalue weighted by Gasteiger charge is -2.10. The van der Waals surface area contributed by atoms with Crippen molar-refractivity contribution in [2.24, 2.45) is 14.1 Å². The van der Waals surface area contributed by atoms with Crippen LogP contribution < -0.4 is 0 Å². The van der Waals surface area contributed by atoms with Gasteiger partial charge in [0.2, 0.25) is 0 Å². The number of aryl methyl sites for hydroxylation is 2. The lowest BCUT2D eigenvalue weighted by Crippen LogP contribution is -2.10. The maximum atomic E-state index is 10.9. The van der Waals surface area contributed by atoms with E-state index in [1.54, 1.807) is 49.4 Å². The summed E-state index contributed by atoms with van der Waals surface area (Å²) in [5.41, 5.74) is 1.51. The minimum absolute atomic E-state index is 0.455. The van der Waals surface area contributed by atoms with Crippen molar-refractivity contribution in [1.29, 1.82) is 0 Å². The van der Waals surface area contributed by atoms with Crippen LogP contribution in [-0.2, 0) is 28.4 Å². The molecule has 2 atom stereocenters. The fourth-order valence-electron chi connectivity index (χ4n) is 1.97. The van der Waals surface area contributed by atoms with Crippen LogP contribution in [0, 0.1) is 0 Å². The van der Waals surface area contributed by atoms with E-state index < -0.39 is 22.3 Å². The van der Waals surface area contributed by atoms with Gasteiger partial charge in [-0.05, 0) is 57.8 Å². The second-order valence-corrected chi connectivity index (χ2v) is 8.38. The van der Waals surface area contributed by atoms with Gasteiger partial charge >= 0.3 is 0 Å². The molecule has 136 valence electrons. The second kappa shape index (κ2) is 8.56. The molecule has 2 unspecified atom stereocenters. The molecule has 24 heavy (non-hydrogen) atoms. The molecule has 0 aliphatic carbocycles. The van der Waals surface area contributed by atoms with Crippen LogP contribution in [0.25, 0.3) is 0 Å². The van der Waals surface area contributed by atoms with Crippen LogP contribution in [0.2, 0.25) is 0 Å². The van der Waals surface area contributed by atoms with Crippen molar-refractivity contribution in [3.63, 3.8) is 0 Å². The van der Waals surface area contributed by atoms with Gasteiger partial charge in [-0.1, -0.05) is 0 Å². The predicted molar refractivity (Wildman–Crippen MR) is 96.8 cm³/mol. The van der Waals surface area contributed by atoms with Crippen molar-refractivity contribution in [2.45, 2.75) is 26.1 Å². The lowest BCUT2D eigenvalue weighted by atomic mass is 10.3. The number of nitrogens with zero attached hydrogens (tertiary/aromatic N) is 4. The van der Waals surface area contributed by atoms with Crippen LogP contribution in [0.15, 0.2) is 21.3 Å². The van der Waals surface area contributed by atoms with Crippen molar-refractivity contribution >= 4 is 42.0 Å². The van der Waals surface area contributed by atoms with E-state index in [9.17, 15) is 8.42 Å². The molecule has 2 rings (SSSR count). The second-order valence-electron chi connectivity index (χ2n) is 5.15. The summed E-state index contributed by atoms with van der Waals surface area (Å²) in [4.78, 5) is 0. The molecule has 0 radical (unpaired) electrons. The van der Waals surface area contributed by atoms with Gasteiger partial charge in [-0.25, -0.2) is 0 Å². The van der Waals surface area contributed by atoms with Crippen LogP contribution in [0.1, 0.15) is 37.4 Å². The summed E-state index contributed by atoms with van der Waals surface area (Å²) in [7, 11) is 0.0874. The van der Waals surface area contributed by atoms with Gasteiger partial charge in [-0.15, -0.1) is 0 Å². The van der Waals surface area contributed by atoms with Crippen molar-refractivity contribution in [1.82, 2.24) is 19.6 Å². The van der Waals surface area contributed by atoms with Crippen LogP contribution in [0.3, 0.4) is 0 Å². The zero-order chi connectivity index (χ0) is 18.7. The van der Waals surface area contributed by atoms with Gasteiger partial charge in [0.1, 0.15) is 15.3 Å². The highest BCUT2D eigenvalue weighted by atomic mass is 79.9. The summed E-state index contributed by atoms with van der Waals surface area (Å²) in [5.74, 6) is 0. The smallest absolute Gasteiger partial charge is 0.265 e. The summed E-state index contributed by atoms with van der Waals surface area (Å²) >= 11 is 6.40. The molecular weight excluding hydrogens is 468 g/mol. The molecule has 0 fully saturated rings. The molecule has 0 aliphatic rings. The molecular formula is C13H20Br2N4O4S. The van der Waals surface area contributed by atoms with E-state index in [4.69, 9.17) is 9.29 Å². The van der Waals surface area contributed by atoms with E-state index in [2.05, 4.69) is 42.1 Å². The standard InChI is InChI=1S/C7H11BrN2O3S.C6H9BrN2O/c1-5(13-14(3,11)12)6-4-7(8)9-10(6)2;1-4(10)5-3-6(7)8-9(5)2/h4-5H,1-3H3;3-4,10H,1-2H3. The quantitative estimate of drug-likeness (QED) is 0.665. The van der Waals surface area contributed by atoms with Gasteiger partial charge in [0.15, 0.2) is 0 Å². The number of rotatable bonds is 4. The Hall–Kier alpha value is -0.750. The van der Waals surface area contributed by atoms with E-state index >= 15 is 0 Å². The van der Waals surface area contributed by atoms with Crippen LogP contribution in [-0.4, -0.2) is 39.3 Å². The Kier molecular flexibility index (Phi) is 7.60. The molecule has 0 saturated carbocycles. The minimum atomic E-state index is -3.44. The average molecular weight is 488 g/mol. The summed E-state index contributed by atoms with van der Waals surface area (Å²) < 4.78 is 31.2. The first kappa shape index (κ1) is 21.3. The first-order valence-corrected chi connectivity index (χ1v) is 10.3. The van der Waals surface area contributed by atoms with Gasteiger partial charge < -0.3 is 5.11 Å². The molecule has 0 saturated heterocycles. The van der Waals surface area contributed by atoms with E-state index in [1.807, 2.05) is 0 Å². The molecule has 2 aromatic heterocycles. The van der Waals surface area contributed by atoms with E-state index in [1.165, 1.54) is 0 Å². The number of hydrogen-bond acceptors (Lipinski definition) is 6. The maximum absolute atomic E-state index is 10.9. The zero-order valence-corrected chi connectivity index (χ0v) is 17.9. The number of aliphatic hydroxyl groups is 1. The Morgan fingerprint density at radius 3 is 1.75 bits per heavy atom. The minimum Gasteiger partial charge on any atom is -0.387 e. The van der Waals surface area contributed by atoms with E-state index in [0.29, 0.717) is 10.3 Å². The molecule has 11 heteroatoms. The third-order valence-corrected chi connectivity index (χ3v) is 4.35. The summed E-state index contributed by atoms with van der Waals surface area (Å²) in [6, 6.07) is 3.51. The zero-order valence-electron chi connectivity index (χ0n) is 13.9. The molecule has 2 heterocycles. The normalized spacial score (nSPS) is 14.0. The molecule has 8 nitrogen and oxygen atoms in total. The van der Waals surface area contributed by atoms with Gasteiger partial charge in [-0.3, -0.25) is 13.5 Å². The highest BCUT2D eigenvalue weighted by Crippen LogP contribution is 2.21. The third kappa shape index (κ3) is 6.63. The molecule has 0 bridgehead atoms. The van der Waals surface area contributed by atoms with Crippen LogP contribution in [0.5, 0.6) is 0 Å². The number of aliphatic hydroxyl groups excluding tert-OH is 1. The lowest BCUT2D eigenvalue weighted by molar-refractivity contribution is 0.189. The summed E-state index contributed by atoms with van der Waals surface area (Å²) in [6.45, 7) is 3.37. The van der Waals surface area contributed by atoms with Crippen molar-refractivity contribution < 1.29 is 17.7 Å². The maximum Gasteiger partial charge on any atom is 0.265 e. The first-order chi connectivity index (χ1) is 10.9. The predicted octanol–water partition coefficient (Wildman–Crippen LogP) is 2.46. The highest BCUT2D eigenvalue weighted by molar-refractivity contribution is 9.10. The van der Waals surface area contributed by atoms with Crippen molar-refractivity contribution in [3.8, 4) is 0 Å². The Morgan fingerprint density at radius 1 is 1.08 bits per heavy atom. The van der Waals surface area contributed by atoms with Gasteiger partial charge in [-0.2, -0.15) is 18.6 Å². The molecule has 0 amide bonds. The topological polar surface area (TPSA) is 99.2 Å². The van der Waals surface area contributed by atoms with Crippen LogP contribution >= 0.6 is 31.9 Å². The molecule has 0 aromatic carbocycles. The van der Waals surface area contributed by atoms with Crippen LogP contribution in [0.4, 0.5) is 0 Å². The first-order valence-electron chi connectivity index (χ1n) is 6.86.